The molecular weight excluding hydrogens is 412 g/mol. The second-order valence-corrected chi connectivity index (χ2v) is 8.46. The lowest BCUT2D eigenvalue weighted by Gasteiger charge is -2.31. The number of nitrogens with zero attached hydrogens (tertiary/aromatic N) is 3. The molecule has 0 aliphatic carbocycles. The number of nitrogens with one attached hydrogen (secondary N) is 1. The summed E-state index contributed by atoms with van der Waals surface area (Å²) in [5.74, 6) is 0.682. The van der Waals surface area contributed by atoms with Gasteiger partial charge in [0.2, 0.25) is 0 Å². The summed E-state index contributed by atoms with van der Waals surface area (Å²) in [6, 6.07) is 6.12. The van der Waals surface area contributed by atoms with Crippen molar-refractivity contribution in [2.75, 3.05) is 51.4 Å². The third-order valence-electron chi connectivity index (χ3n) is 6.11. The first-order valence-corrected chi connectivity index (χ1v) is 11.1. The number of imidazole rings is 1. The maximum atomic E-state index is 6.41. The second kappa shape index (κ2) is 8.54. The summed E-state index contributed by atoms with van der Waals surface area (Å²) in [6.45, 7) is 7.29. The lowest BCUT2D eigenvalue weighted by Crippen LogP contribution is -2.37. The van der Waals surface area contributed by atoms with Crippen LogP contribution in [0.1, 0.15) is 17.5 Å². The molecule has 2 aliphatic heterocycles. The minimum Gasteiger partial charge on any atom is -0.495 e. The minimum absolute atomic E-state index is 0.592. The zero-order valence-electron chi connectivity index (χ0n) is 17.9. The average molecular weight is 439 g/mol. The van der Waals surface area contributed by atoms with E-state index in [4.69, 9.17) is 26.1 Å². The summed E-state index contributed by atoms with van der Waals surface area (Å²) < 4.78 is 13.1. The van der Waals surface area contributed by atoms with Crippen molar-refractivity contribution in [2.24, 2.45) is 0 Å². The number of anilines is 1. The van der Waals surface area contributed by atoms with Crippen LogP contribution in [0.4, 0.5) is 5.69 Å². The number of halogens is 1. The van der Waals surface area contributed by atoms with E-state index >= 15 is 0 Å². The van der Waals surface area contributed by atoms with E-state index in [2.05, 4.69) is 46.1 Å². The molecule has 1 fully saturated rings. The molecule has 2 aliphatic rings. The van der Waals surface area contributed by atoms with E-state index in [9.17, 15) is 0 Å². The van der Waals surface area contributed by atoms with Crippen LogP contribution in [-0.2, 0) is 4.74 Å². The summed E-state index contributed by atoms with van der Waals surface area (Å²) in [4.78, 5) is 7.38. The number of hydrogen-bond donors (Lipinski definition) is 1. The van der Waals surface area contributed by atoms with Crippen molar-refractivity contribution in [3.63, 3.8) is 0 Å². The smallest absolute Gasteiger partial charge is 0.139 e. The van der Waals surface area contributed by atoms with Crippen LogP contribution in [0.5, 0.6) is 5.75 Å². The number of methoxy groups -OCH3 is 1. The van der Waals surface area contributed by atoms with Gasteiger partial charge in [-0.15, -0.1) is 0 Å². The van der Waals surface area contributed by atoms with Gasteiger partial charge in [-0.25, -0.2) is 4.98 Å². The summed E-state index contributed by atoms with van der Waals surface area (Å²) in [5, 5.41) is 4.01. The van der Waals surface area contributed by atoms with Gasteiger partial charge in [0.25, 0.3) is 0 Å². The highest BCUT2D eigenvalue weighted by molar-refractivity contribution is 6.32. The number of aromatic nitrogens is 2. The van der Waals surface area contributed by atoms with E-state index in [-0.39, 0.29) is 0 Å². The van der Waals surface area contributed by atoms with Crippen molar-refractivity contribution in [2.45, 2.75) is 13.3 Å². The Kier molecular flexibility index (Phi) is 5.61. The number of ether oxygens (including phenoxy) is 2. The van der Waals surface area contributed by atoms with Gasteiger partial charge in [0.05, 0.1) is 31.0 Å². The van der Waals surface area contributed by atoms with Gasteiger partial charge in [0, 0.05) is 54.9 Å². The Morgan fingerprint density at radius 3 is 2.71 bits per heavy atom. The van der Waals surface area contributed by atoms with E-state index in [0.29, 0.717) is 10.8 Å². The number of pyridine rings is 1. The zero-order valence-corrected chi connectivity index (χ0v) is 18.7. The van der Waals surface area contributed by atoms with Crippen LogP contribution in [0.25, 0.3) is 22.5 Å². The van der Waals surface area contributed by atoms with Gasteiger partial charge in [-0.1, -0.05) is 17.7 Å². The van der Waals surface area contributed by atoms with Crippen molar-refractivity contribution in [1.82, 2.24) is 14.7 Å². The Hall–Kier alpha value is -2.54. The summed E-state index contributed by atoms with van der Waals surface area (Å²) in [6.07, 6.45) is 7.65. The predicted molar refractivity (Wildman–Crippen MR) is 125 cm³/mol. The molecule has 0 unspecified atom stereocenters. The molecule has 31 heavy (non-hydrogen) atoms. The third-order valence-corrected chi connectivity index (χ3v) is 6.40. The third kappa shape index (κ3) is 3.91. The van der Waals surface area contributed by atoms with Crippen molar-refractivity contribution >= 4 is 28.5 Å². The lowest BCUT2D eigenvalue weighted by molar-refractivity contribution is 0.122. The van der Waals surface area contributed by atoms with Gasteiger partial charge in [-0.05, 0) is 43.2 Å². The summed E-state index contributed by atoms with van der Waals surface area (Å²) >= 11 is 6.41. The summed E-state index contributed by atoms with van der Waals surface area (Å²) in [5.41, 5.74) is 7.85. The maximum Gasteiger partial charge on any atom is 0.139 e. The topological polar surface area (TPSA) is 51.0 Å². The van der Waals surface area contributed by atoms with Crippen LogP contribution in [0.15, 0.2) is 36.7 Å². The predicted octanol–water partition coefficient (Wildman–Crippen LogP) is 4.19. The standard InChI is InChI=1S/C24H27ClN4O2/c1-16-11-23(30-2)20(25)12-18(16)21-15-29-14-19(17-3-5-26-6-4-17)22(13-24(29)27-21)28-7-9-31-10-8-28/h3,11-15,26H,4-10H2,1-2H3. The Labute approximate surface area is 187 Å². The molecular formula is C24H27ClN4O2. The number of hydrogen-bond acceptors (Lipinski definition) is 5. The Morgan fingerprint density at radius 1 is 1.13 bits per heavy atom. The number of benzene rings is 1. The molecule has 0 spiro atoms. The van der Waals surface area contributed by atoms with E-state index < -0.39 is 0 Å². The monoisotopic (exact) mass is 438 g/mol. The molecule has 7 heteroatoms. The molecule has 162 valence electrons. The molecule has 0 atom stereocenters. The largest absolute Gasteiger partial charge is 0.495 e. The number of morpholine rings is 1. The van der Waals surface area contributed by atoms with Gasteiger partial charge in [0.15, 0.2) is 0 Å². The molecule has 0 amide bonds. The van der Waals surface area contributed by atoms with E-state index in [0.717, 1.165) is 68.3 Å². The van der Waals surface area contributed by atoms with E-state index in [1.165, 1.54) is 16.8 Å². The van der Waals surface area contributed by atoms with Crippen LogP contribution in [0.2, 0.25) is 5.02 Å². The molecule has 1 N–H and O–H groups in total. The van der Waals surface area contributed by atoms with Crippen LogP contribution in [0.3, 0.4) is 0 Å². The van der Waals surface area contributed by atoms with Crippen LogP contribution >= 0.6 is 11.6 Å². The zero-order chi connectivity index (χ0) is 21.4. The first kappa shape index (κ1) is 20.4. The fourth-order valence-electron chi connectivity index (χ4n) is 4.42. The molecule has 2 aromatic heterocycles. The van der Waals surface area contributed by atoms with Crippen molar-refractivity contribution in [1.29, 1.82) is 0 Å². The Morgan fingerprint density at radius 2 is 1.97 bits per heavy atom. The quantitative estimate of drug-likeness (QED) is 0.662. The van der Waals surface area contributed by atoms with Crippen LogP contribution in [-0.4, -0.2) is 55.9 Å². The van der Waals surface area contributed by atoms with Crippen molar-refractivity contribution in [3.8, 4) is 17.0 Å². The molecule has 0 saturated carbocycles. The fourth-order valence-corrected chi connectivity index (χ4v) is 4.66. The highest BCUT2D eigenvalue weighted by atomic mass is 35.5. The normalized spacial score (nSPS) is 17.1. The highest BCUT2D eigenvalue weighted by Crippen LogP contribution is 2.35. The highest BCUT2D eigenvalue weighted by Gasteiger charge is 2.20. The minimum atomic E-state index is 0.592. The Bertz CT molecular complexity index is 1150. The molecule has 5 rings (SSSR count). The number of aryl methyl sites for hydroxylation is 1. The van der Waals surface area contributed by atoms with Gasteiger partial charge >= 0.3 is 0 Å². The first-order valence-electron chi connectivity index (χ1n) is 10.7. The second-order valence-electron chi connectivity index (χ2n) is 8.05. The molecule has 1 saturated heterocycles. The van der Waals surface area contributed by atoms with Crippen molar-refractivity contribution < 1.29 is 9.47 Å². The number of fused-ring (bicyclic) bond motifs is 1. The average Bonchev–Trinajstić information content (AvgIpc) is 3.23. The number of rotatable bonds is 4. The van der Waals surface area contributed by atoms with Crippen molar-refractivity contribution in [3.05, 3.63) is 52.8 Å². The van der Waals surface area contributed by atoms with E-state index in [1.54, 1.807) is 7.11 Å². The molecule has 3 aromatic rings. The fraction of sp³-hybridized carbons (Fsp3) is 0.375. The summed E-state index contributed by atoms with van der Waals surface area (Å²) in [7, 11) is 1.63. The SMILES string of the molecule is COc1cc(C)c(-c2cn3cc(C4=CCNCC4)c(N4CCOCC4)cc3n2)cc1Cl. The van der Waals surface area contributed by atoms with Crippen LogP contribution in [0, 0.1) is 6.92 Å². The molecule has 0 radical (unpaired) electrons. The van der Waals surface area contributed by atoms with Gasteiger partial charge in [0.1, 0.15) is 11.4 Å². The molecule has 6 nitrogen and oxygen atoms in total. The first-order chi connectivity index (χ1) is 15.1. The lowest BCUT2D eigenvalue weighted by atomic mass is 9.99. The van der Waals surface area contributed by atoms with Gasteiger partial charge in [-0.2, -0.15) is 0 Å². The van der Waals surface area contributed by atoms with Gasteiger partial charge in [-0.3, -0.25) is 0 Å². The molecule has 4 heterocycles. The molecule has 0 bridgehead atoms. The van der Waals surface area contributed by atoms with E-state index in [1.807, 2.05) is 12.1 Å². The van der Waals surface area contributed by atoms with Crippen LogP contribution < -0.4 is 15.0 Å². The Balaban J connectivity index is 1.63. The molecule has 1 aromatic carbocycles. The maximum absolute atomic E-state index is 6.41. The van der Waals surface area contributed by atoms with Gasteiger partial charge < -0.3 is 24.1 Å².